The van der Waals surface area contributed by atoms with Crippen molar-refractivity contribution in [3.05, 3.63) is 5.69 Å². The Morgan fingerprint density at radius 3 is 2.60 bits per heavy atom. The van der Waals surface area contributed by atoms with E-state index in [2.05, 4.69) is 9.59 Å². The van der Waals surface area contributed by atoms with Gasteiger partial charge in [-0.1, -0.05) is 4.49 Å². The number of aromatic nitrogens is 2. The van der Waals surface area contributed by atoms with Crippen LogP contribution in [0.25, 0.3) is 0 Å². The van der Waals surface area contributed by atoms with Crippen molar-refractivity contribution >= 4 is 22.4 Å². The van der Waals surface area contributed by atoms with E-state index in [9.17, 15) is 4.79 Å². The Hall–Kier alpha value is -1.21. The largest absolute Gasteiger partial charge is 0.388 e. The maximum atomic E-state index is 11.4. The van der Waals surface area contributed by atoms with Gasteiger partial charge in [0.05, 0.1) is 6.54 Å². The molecule has 1 amide bonds. The number of carbonyl (C=O) groups is 1. The second-order valence-corrected chi connectivity index (χ2v) is 4.33. The van der Waals surface area contributed by atoms with Crippen molar-refractivity contribution in [1.29, 1.82) is 0 Å². The van der Waals surface area contributed by atoms with Gasteiger partial charge >= 0.3 is 0 Å². The second-order valence-electron chi connectivity index (χ2n) is 3.54. The van der Waals surface area contributed by atoms with Crippen LogP contribution in [0.2, 0.25) is 0 Å². The second kappa shape index (κ2) is 5.04. The molecule has 84 valence electrons. The van der Waals surface area contributed by atoms with Crippen molar-refractivity contribution in [2.24, 2.45) is 0 Å². The quantitative estimate of drug-likeness (QED) is 0.763. The van der Waals surface area contributed by atoms with E-state index in [0.29, 0.717) is 18.1 Å². The van der Waals surface area contributed by atoms with Crippen LogP contribution in [0.3, 0.4) is 0 Å². The molecule has 1 rings (SSSR count). The monoisotopic (exact) mass is 229 g/mol. The fourth-order valence-corrected chi connectivity index (χ4v) is 1.45. The Balaban J connectivity index is 2.46. The molecule has 2 N–H and O–H groups in total. The number of anilines is 1. The lowest BCUT2D eigenvalue weighted by atomic mass is 10.4. The Bertz CT molecular complexity index is 338. The highest BCUT2D eigenvalue weighted by Crippen LogP contribution is 2.13. The predicted molar refractivity (Wildman–Crippen MR) is 59.3 cm³/mol. The zero-order chi connectivity index (χ0) is 11.4. The SMILES string of the molecule is CN(CC(=O)N(C)C)Cc1nnsc1N. The lowest BCUT2D eigenvalue weighted by molar-refractivity contribution is -0.129. The highest BCUT2D eigenvalue weighted by atomic mass is 32.1. The molecule has 15 heavy (non-hydrogen) atoms. The van der Waals surface area contributed by atoms with Gasteiger partial charge in [0.2, 0.25) is 5.91 Å². The number of nitrogen functional groups attached to an aromatic ring is 1. The predicted octanol–water partition coefficient (Wildman–Crippen LogP) is -0.360. The van der Waals surface area contributed by atoms with Crippen molar-refractivity contribution in [2.45, 2.75) is 6.54 Å². The Labute approximate surface area is 92.8 Å². The van der Waals surface area contributed by atoms with E-state index in [1.165, 1.54) is 11.5 Å². The van der Waals surface area contributed by atoms with Gasteiger partial charge in [-0.2, -0.15) is 0 Å². The first-order chi connectivity index (χ1) is 7.00. The van der Waals surface area contributed by atoms with Gasteiger partial charge in [-0.3, -0.25) is 9.69 Å². The summed E-state index contributed by atoms with van der Waals surface area (Å²) in [5.74, 6) is 0.0549. The van der Waals surface area contributed by atoms with Crippen molar-refractivity contribution in [1.82, 2.24) is 19.4 Å². The lowest BCUT2D eigenvalue weighted by Gasteiger charge is -2.17. The van der Waals surface area contributed by atoms with Gasteiger partial charge in [-0.25, -0.2) is 0 Å². The summed E-state index contributed by atoms with van der Waals surface area (Å²) in [4.78, 5) is 14.8. The third-order valence-electron chi connectivity index (χ3n) is 1.91. The van der Waals surface area contributed by atoms with Gasteiger partial charge in [0, 0.05) is 32.2 Å². The van der Waals surface area contributed by atoms with Crippen LogP contribution in [0.5, 0.6) is 0 Å². The van der Waals surface area contributed by atoms with E-state index in [4.69, 9.17) is 5.73 Å². The fraction of sp³-hybridized carbons (Fsp3) is 0.625. The average molecular weight is 229 g/mol. The summed E-state index contributed by atoms with van der Waals surface area (Å²) in [6.45, 7) is 0.895. The number of rotatable bonds is 4. The topological polar surface area (TPSA) is 75.4 Å². The van der Waals surface area contributed by atoms with E-state index < -0.39 is 0 Å². The lowest BCUT2D eigenvalue weighted by Crippen LogP contribution is -2.34. The Kier molecular flexibility index (Phi) is 3.98. The molecule has 1 aromatic rings. The molecule has 0 aliphatic carbocycles. The van der Waals surface area contributed by atoms with Gasteiger partial charge in [0.25, 0.3) is 0 Å². The molecule has 0 aliphatic rings. The van der Waals surface area contributed by atoms with E-state index in [1.54, 1.807) is 19.0 Å². The smallest absolute Gasteiger partial charge is 0.236 e. The summed E-state index contributed by atoms with van der Waals surface area (Å²) < 4.78 is 3.73. The standard InChI is InChI=1S/C8H15N5OS/c1-12(2)7(14)5-13(3)4-6-8(9)15-11-10-6/h4-5,9H2,1-3H3. The van der Waals surface area contributed by atoms with Crippen LogP contribution < -0.4 is 5.73 Å². The summed E-state index contributed by atoms with van der Waals surface area (Å²) in [5.41, 5.74) is 6.38. The van der Waals surface area contributed by atoms with Crippen LogP contribution in [0.15, 0.2) is 0 Å². The highest BCUT2D eigenvalue weighted by molar-refractivity contribution is 7.09. The summed E-state index contributed by atoms with van der Waals surface area (Å²) in [7, 11) is 5.31. The van der Waals surface area contributed by atoms with Gasteiger partial charge in [-0.05, 0) is 7.05 Å². The molecule has 6 nitrogen and oxygen atoms in total. The molecule has 7 heteroatoms. The van der Waals surface area contributed by atoms with Gasteiger partial charge in [0.15, 0.2) is 0 Å². The normalized spacial score (nSPS) is 10.7. The van der Waals surface area contributed by atoms with Crippen molar-refractivity contribution in [2.75, 3.05) is 33.4 Å². The average Bonchev–Trinajstić information content (AvgIpc) is 2.51. The van der Waals surface area contributed by atoms with Crippen molar-refractivity contribution in [3.63, 3.8) is 0 Å². The maximum Gasteiger partial charge on any atom is 0.236 e. The molecule has 0 aromatic carbocycles. The Morgan fingerprint density at radius 1 is 1.47 bits per heavy atom. The summed E-state index contributed by atoms with van der Waals surface area (Å²) in [5, 5.41) is 4.50. The fourth-order valence-electron chi connectivity index (χ4n) is 1.01. The van der Waals surface area contributed by atoms with Crippen LogP contribution in [0.4, 0.5) is 5.00 Å². The van der Waals surface area contributed by atoms with E-state index in [1.807, 2.05) is 11.9 Å². The minimum Gasteiger partial charge on any atom is -0.388 e. The van der Waals surface area contributed by atoms with Crippen LogP contribution in [0.1, 0.15) is 5.69 Å². The van der Waals surface area contributed by atoms with Crippen LogP contribution in [-0.4, -0.2) is 53.0 Å². The molecule has 0 radical (unpaired) electrons. The number of amides is 1. The molecular formula is C8H15N5OS. The van der Waals surface area contributed by atoms with E-state index in [0.717, 1.165) is 5.69 Å². The molecule has 0 saturated carbocycles. The molecule has 0 saturated heterocycles. The molecule has 1 heterocycles. The molecule has 0 atom stereocenters. The van der Waals surface area contributed by atoms with Crippen LogP contribution in [-0.2, 0) is 11.3 Å². The highest BCUT2D eigenvalue weighted by Gasteiger charge is 2.12. The molecule has 1 aromatic heterocycles. The zero-order valence-corrected chi connectivity index (χ0v) is 9.91. The summed E-state index contributed by atoms with van der Waals surface area (Å²) in [6.07, 6.45) is 0. The Morgan fingerprint density at radius 2 is 2.13 bits per heavy atom. The third-order valence-corrected chi connectivity index (χ3v) is 2.50. The minimum atomic E-state index is 0.0549. The summed E-state index contributed by atoms with van der Waals surface area (Å²) >= 11 is 1.17. The number of hydrogen-bond acceptors (Lipinski definition) is 6. The molecule has 0 fully saturated rings. The van der Waals surface area contributed by atoms with Crippen molar-refractivity contribution < 1.29 is 4.79 Å². The van der Waals surface area contributed by atoms with Crippen LogP contribution in [0, 0.1) is 0 Å². The van der Waals surface area contributed by atoms with Gasteiger partial charge in [-0.15, -0.1) is 5.10 Å². The van der Waals surface area contributed by atoms with Crippen molar-refractivity contribution in [3.8, 4) is 0 Å². The number of carbonyl (C=O) groups excluding carboxylic acids is 1. The van der Waals surface area contributed by atoms with Crippen LogP contribution >= 0.6 is 11.5 Å². The van der Waals surface area contributed by atoms with E-state index >= 15 is 0 Å². The van der Waals surface area contributed by atoms with E-state index in [-0.39, 0.29) is 5.91 Å². The molecule has 0 unspecified atom stereocenters. The number of nitrogens with two attached hydrogens (primary N) is 1. The maximum absolute atomic E-state index is 11.4. The molecule has 0 spiro atoms. The zero-order valence-electron chi connectivity index (χ0n) is 9.10. The number of hydrogen-bond donors (Lipinski definition) is 1. The number of nitrogens with zero attached hydrogens (tertiary/aromatic N) is 4. The minimum absolute atomic E-state index is 0.0549. The van der Waals surface area contributed by atoms with Gasteiger partial charge < -0.3 is 10.6 Å². The van der Waals surface area contributed by atoms with Gasteiger partial charge in [0.1, 0.15) is 10.7 Å². The summed E-state index contributed by atoms with van der Waals surface area (Å²) in [6, 6.07) is 0. The first-order valence-electron chi connectivity index (χ1n) is 4.46. The first-order valence-corrected chi connectivity index (χ1v) is 5.23. The number of likely N-dealkylation sites (N-methyl/N-ethyl adjacent to an activating group) is 2. The molecule has 0 aliphatic heterocycles. The molecular weight excluding hydrogens is 214 g/mol. The third kappa shape index (κ3) is 3.45. The first kappa shape index (κ1) is 11.9. The molecule has 0 bridgehead atoms.